The molecule has 0 aromatic rings. The number of carbonyl (C=O) groups excluding carboxylic acids is 1. The Morgan fingerprint density at radius 1 is 1.57 bits per heavy atom. The Morgan fingerprint density at radius 3 is 2.71 bits per heavy atom. The second kappa shape index (κ2) is 7.13. The molecule has 0 saturated carbocycles. The third-order valence-electron chi connectivity index (χ3n) is 1.76. The average molecular weight is 193 g/mol. The largest absolute Gasteiger partial charge is 0.323 e. The summed E-state index contributed by atoms with van der Waals surface area (Å²) in [5, 5.41) is 2.73. The van der Waals surface area contributed by atoms with Crippen molar-refractivity contribution < 1.29 is 4.79 Å². The van der Waals surface area contributed by atoms with Gasteiger partial charge in [-0.1, -0.05) is 32.1 Å². The van der Waals surface area contributed by atoms with Crippen molar-refractivity contribution in [2.24, 2.45) is 0 Å². The Morgan fingerprint density at radius 2 is 2.21 bits per heavy atom. The molecule has 78 valence electrons. The second-order valence-corrected chi connectivity index (χ2v) is 2.88. The molecular weight excluding hydrogens is 174 g/mol. The Bertz CT molecular complexity index is 261. The van der Waals surface area contributed by atoms with E-state index >= 15 is 0 Å². The molecule has 2 nitrogen and oxygen atoms in total. The van der Waals surface area contributed by atoms with Gasteiger partial charge in [-0.2, -0.15) is 0 Å². The van der Waals surface area contributed by atoms with E-state index in [0.29, 0.717) is 0 Å². The van der Waals surface area contributed by atoms with E-state index in [1.54, 1.807) is 0 Å². The van der Waals surface area contributed by atoms with E-state index in [1.807, 2.05) is 26.0 Å². The minimum atomic E-state index is -0.146. The number of amides is 1. The summed E-state index contributed by atoms with van der Waals surface area (Å²) in [6.45, 7) is 9.45. The first-order valence-corrected chi connectivity index (χ1v) is 5.03. The molecule has 0 radical (unpaired) electrons. The van der Waals surface area contributed by atoms with Crippen molar-refractivity contribution >= 4 is 5.91 Å². The Labute approximate surface area is 86.4 Å². The number of hydrogen-bond donors (Lipinski definition) is 1. The van der Waals surface area contributed by atoms with Gasteiger partial charge in [-0.15, -0.1) is 0 Å². The molecule has 1 aliphatic carbocycles. The molecule has 2 heteroatoms. The monoisotopic (exact) mass is 193 g/mol. The zero-order chi connectivity index (χ0) is 11.0. The fourth-order valence-corrected chi connectivity index (χ4v) is 1.13. The summed E-state index contributed by atoms with van der Waals surface area (Å²) >= 11 is 0. The van der Waals surface area contributed by atoms with E-state index in [1.165, 1.54) is 11.6 Å². The van der Waals surface area contributed by atoms with Crippen LogP contribution >= 0.6 is 0 Å². The molecule has 0 saturated heterocycles. The summed E-state index contributed by atoms with van der Waals surface area (Å²) in [6, 6.07) is 0. The third kappa shape index (κ3) is 4.65. The van der Waals surface area contributed by atoms with Crippen molar-refractivity contribution in [3.05, 3.63) is 36.1 Å². The molecule has 14 heavy (non-hydrogen) atoms. The van der Waals surface area contributed by atoms with Crippen molar-refractivity contribution in [2.45, 2.75) is 33.6 Å². The van der Waals surface area contributed by atoms with E-state index in [2.05, 4.69) is 18.8 Å². The standard InChI is InChI=1S/C10H13NO.C2H6/c1-3-10(12)11-9-6-4-5-8(2)7-9;1-2/h3,6-7H,1,4-5H2,2H3,(H,11,12);1-2H3. The maximum absolute atomic E-state index is 10.9. The van der Waals surface area contributed by atoms with E-state index < -0.39 is 0 Å². The highest BCUT2D eigenvalue weighted by Gasteiger charge is 2.02. The minimum Gasteiger partial charge on any atom is -0.323 e. The lowest BCUT2D eigenvalue weighted by atomic mass is 10.0. The van der Waals surface area contributed by atoms with E-state index in [-0.39, 0.29) is 5.91 Å². The second-order valence-electron chi connectivity index (χ2n) is 2.88. The van der Waals surface area contributed by atoms with Gasteiger partial charge in [-0.3, -0.25) is 4.79 Å². The molecule has 1 rings (SSSR count). The smallest absolute Gasteiger partial charge is 0.247 e. The number of rotatable bonds is 2. The van der Waals surface area contributed by atoms with Gasteiger partial charge in [0.05, 0.1) is 0 Å². The average Bonchev–Trinajstić information content (AvgIpc) is 2.21. The van der Waals surface area contributed by atoms with Crippen LogP contribution in [0.3, 0.4) is 0 Å². The molecule has 0 aromatic heterocycles. The molecule has 0 aliphatic heterocycles. The fraction of sp³-hybridized carbons (Fsp3) is 0.417. The highest BCUT2D eigenvalue weighted by Crippen LogP contribution is 2.14. The normalized spacial score (nSPS) is 14.2. The lowest BCUT2D eigenvalue weighted by Gasteiger charge is -2.10. The molecule has 0 atom stereocenters. The van der Waals surface area contributed by atoms with Crippen molar-refractivity contribution in [3.8, 4) is 0 Å². The van der Waals surface area contributed by atoms with E-state index in [9.17, 15) is 4.79 Å². The summed E-state index contributed by atoms with van der Waals surface area (Å²) in [5.74, 6) is -0.146. The zero-order valence-electron chi connectivity index (χ0n) is 9.26. The van der Waals surface area contributed by atoms with Crippen LogP contribution in [-0.4, -0.2) is 5.91 Å². The summed E-state index contributed by atoms with van der Waals surface area (Å²) < 4.78 is 0. The van der Waals surface area contributed by atoms with E-state index in [4.69, 9.17) is 0 Å². The van der Waals surface area contributed by atoms with Crippen molar-refractivity contribution in [1.29, 1.82) is 0 Å². The molecule has 1 N–H and O–H groups in total. The van der Waals surface area contributed by atoms with Gasteiger partial charge in [0, 0.05) is 5.70 Å². The van der Waals surface area contributed by atoms with Crippen LogP contribution in [-0.2, 0) is 4.79 Å². The first kappa shape index (κ1) is 12.7. The molecule has 0 aromatic carbocycles. The van der Waals surface area contributed by atoms with Crippen LogP contribution in [0.2, 0.25) is 0 Å². The van der Waals surface area contributed by atoms with E-state index in [0.717, 1.165) is 18.5 Å². The predicted molar refractivity (Wildman–Crippen MR) is 60.8 cm³/mol. The van der Waals surface area contributed by atoms with Crippen LogP contribution in [0.1, 0.15) is 33.6 Å². The summed E-state index contributed by atoms with van der Waals surface area (Å²) in [4.78, 5) is 10.9. The first-order chi connectivity index (χ1) is 6.72. The Hall–Kier alpha value is -1.31. The molecular formula is C12H19NO. The predicted octanol–water partition coefficient (Wildman–Crippen LogP) is 2.94. The zero-order valence-corrected chi connectivity index (χ0v) is 9.26. The quantitative estimate of drug-likeness (QED) is 0.671. The van der Waals surface area contributed by atoms with Crippen LogP contribution in [0.25, 0.3) is 0 Å². The minimum absolute atomic E-state index is 0.146. The highest BCUT2D eigenvalue weighted by atomic mass is 16.1. The van der Waals surface area contributed by atoms with Gasteiger partial charge in [0.1, 0.15) is 0 Å². The molecule has 0 spiro atoms. The molecule has 0 bridgehead atoms. The SMILES string of the molecule is C=CC(=O)NC1=CCCC(C)=C1.CC. The van der Waals surface area contributed by atoms with Gasteiger partial charge < -0.3 is 5.32 Å². The van der Waals surface area contributed by atoms with Crippen molar-refractivity contribution in [3.63, 3.8) is 0 Å². The Kier molecular flexibility index (Phi) is 6.46. The number of allylic oxidation sites excluding steroid dienone is 3. The van der Waals surface area contributed by atoms with Gasteiger partial charge in [0.2, 0.25) is 5.91 Å². The molecule has 0 unspecified atom stereocenters. The maximum Gasteiger partial charge on any atom is 0.247 e. The molecule has 1 aliphatic rings. The van der Waals surface area contributed by atoms with Crippen LogP contribution in [0.15, 0.2) is 36.1 Å². The molecule has 1 amide bonds. The van der Waals surface area contributed by atoms with Crippen LogP contribution in [0, 0.1) is 0 Å². The highest BCUT2D eigenvalue weighted by molar-refractivity contribution is 5.88. The molecule has 0 heterocycles. The van der Waals surface area contributed by atoms with Crippen LogP contribution in [0.5, 0.6) is 0 Å². The lowest BCUT2D eigenvalue weighted by Crippen LogP contribution is -2.19. The van der Waals surface area contributed by atoms with Gasteiger partial charge >= 0.3 is 0 Å². The number of nitrogens with one attached hydrogen (secondary N) is 1. The lowest BCUT2D eigenvalue weighted by molar-refractivity contribution is -0.115. The van der Waals surface area contributed by atoms with Gasteiger partial charge in [-0.25, -0.2) is 0 Å². The summed E-state index contributed by atoms with van der Waals surface area (Å²) in [7, 11) is 0. The number of carbonyl (C=O) groups is 1. The number of hydrogen-bond acceptors (Lipinski definition) is 1. The summed E-state index contributed by atoms with van der Waals surface area (Å²) in [5.41, 5.74) is 2.19. The van der Waals surface area contributed by atoms with Crippen LogP contribution in [0.4, 0.5) is 0 Å². The fourth-order valence-electron chi connectivity index (χ4n) is 1.13. The van der Waals surface area contributed by atoms with Crippen LogP contribution < -0.4 is 5.32 Å². The maximum atomic E-state index is 10.9. The van der Waals surface area contributed by atoms with Gasteiger partial charge in [-0.05, 0) is 31.9 Å². The molecule has 0 fully saturated rings. The van der Waals surface area contributed by atoms with Gasteiger partial charge in [0.25, 0.3) is 0 Å². The van der Waals surface area contributed by atoms with Gasteiger partial charge in [0.15, 0.2) is 0 Å². The van der Waals surface area contributed by atoms with Crippen molar-refractivity contribution in [1.82, 2.24) is 5.32 Å². The summed E-state index contributed by atoms with van der Waals surface area (Å²) in [6.07, 6.45) is 7.39. The topological polar surface area (TPSA) is 29.1 Å². The van der Waals surface area contributed by atoms with Crippen molar-refractivity contribution in [2.75, 3.05) is 0 Å². The third-order valence-corrected chi connectivity index (χ3v) is 1.76. The Balaban J connectivity index is 0.000000791. The first-order valence-electron chi connectivity index (χ1n) is 5.03.